The van der Waals surface area contributed by atoms with Crippen molar-refractivity contribution in [3.8, 4) is 0 Å². The number of amides is 2. The van der Waals surface area contributed by atoms with Gasteiger partial charge in [-0.1, -0.05) is 18.6 Å². The molecule has 2 fully saturated rings. The number of piperidine rings is 1. The summed E-state index contributed by atoms with van der Waals surface area (Å²) in [6, 6.07) is 8.15. The van der Waals surface area contributed by atoms with E-state index in [1.807, 2.05) is 24.3 Å². The van der Waals surface area contributed by atoms with Gasteiger partial charge in [0.15, 0.2) is 0 Å². The molecule has 1 aromatic rings. The van der Waals surface area contributed by atoms with Gasteiger partial charge in [0.05, 0.1) is 0 Å². The zero-order valence-corrected chi connectivity index (χ0v) is 15.5. The lowest BCUT2D eigenvalue weighted by atomic mass is 9.85. The maximum atomic E-state index is 12.3. The van der Waals surface area contributed by atoms with Gasteiger partial charge in [0, 0.05) is 30.1 Å². The van der Waals surface area contributed by atoms with Crippen molar-refractivity contribution in [2.24, 2.45) is 11.8 Å². The number of halogens is 1. The van der Waals surface area contributed by atoms with Gasteiger partial charge in [-0.05, 0) is 56.8 Å². The Kier molecular flexibility index (Phi) is 7.26. The molecule has 25 heavy (non-hydrogen) atoms. The molecular weight excluding hydrogens is 338 g/mol. The van der Waals surface area contributed by atoms with Gasteiger partial charge < -0.3 is 16.0 Å². The molecular formula is C19H28ClN3O2. The van der Waals surface area contributed by atoms with Crippen LogP contribution in [0.3, 0.4) is 0 Å². The highest BCUT2D eigenvalue weighted by atomic mass is 35.5. The second-order valence-electron chi connectivity index (χ2n) is 7.11. The summed E-state index contributed by atoms with van der Waals surface area (Å²) in [4.78, 5) is 24.3. The van der Waals surface area contributed by atoms with Gasteiger partial charge in [0.1, 0.15) is 0 Å². The molecule has 0 bridgehead atoms. The van der Waals surface area contributed by atoms with Crippen LogP contribution < -0.4 is 16.0 Å². The third-order valence-corrected chi connectivity index (χ3v) is 5.13. The molecule has 1 saturated carbocycles. The summed E-state index contributed by atoms with van der Waals surface area (Å²) in [5.74, 6) is 0.524. The summed E-state index contributed by atoms with van der Waals surface area (Å²) in [6.07, 6.45) is 4.93. The molecule has 1 saturated heterocycles. The number of hydrogen-bond donors (Lipinski definition) is 3. The average Bonchev–Trinajstić information content (AvgIpc) is 2.51. The predicted molar refractivity (Wildman–Crippen MR) is 102 cm³/mol. The van der Waals surface area contributed by atoms with Crippen molar-refractivity contribution in [2.45, 2.75) is 51.6 Å². The first-order valence-corrected chi connectivity index (χ1v) is 9.02. The number of benzene rings is 1. The summed E-state index contributed by atoms with van der Waals surface area (Å²) in [5.41, 5.74) is 1.82. The molecule has 0 unspecified atom stereocenters. The van der Waals surface area contributed by atoms with E-state index in [9.17, 15) is 9.59 Å². The number of hydrogen-bond acceptors (Lipinski definition) is 3. The maximum Gasteiger partial charge on any atom is 0.227 e. The first-order valence-electron chi connectivity index (χ1n) is 9.02. The number of rotatable bonds is 5. The maximum absolute atomic E-state index is 12.3. The zero-order valence-electron chi connectivity index (χ0n) is 14.7. The Hall–Kier alpha value is -1.59. The molecule has 0 aromatic heterocycles. The summed E-state index contributed by atoms with van der Waals surface area (Å²) in [7, 11) is 0. The van der Waals surface area contributed by atoms with Gasteiger partial charge >= 0.3 is 0 Å². The topological polar surface area (TPSA) is 70.2 Å². The first-order chi connectivity index (χ1) is 11.6. The molecule has 1 heterocycles. The molecule has 1 aliphatic heterocycles. The molecule has 1 aliphatic carbocycles. The molecule has 138 valence electrons. The van der Waals surface area contributed by atoms with E-state index < -0.39 is 0 Å². The molecule has 3 rings (SSSR count). The molecule has 2 aliphatic rings. The van der Waals surface area contributed by atoms with E-state index >= 15 is 0 Å². The SMILES string of the molecule is C[C@H]1C[C@@H](C(=O)NCc2cccc(NC(=O)C3CCC3)c2)CCN1.Cl. The minimum absolute atomic E-state index is 0. The van der Waals surface area contributed by atoms with Crippen LogP contribution in [0.25, 0.3) is 0 Å². The average molecular weight is 366 g/mol. The Morgan fingerprint density at radius 2 is 1.96 bits per heavy atom. The van der Waals surface area contributed by atoms with Crippen molar-refractivity contribution in [3.63, 3.8) is 0 Å². The number of carbonyl (C=O) groups excluding carboxylic acids is 2. The molecule has 6 heteroatoms. The van der Waals surface area contributed by atoms with E-state index in [2.05, 4.69) is 22.9 Å². The second kappa shape index (κ2) is 9.20. The molecule has 5 nitrogen and oxygen atoms in total. The van der Waals surface area contributed by atoms with E-state index in [-0.39, 0.29) is 36.1 Å². The number of nitrogens with one attached hydrogen (secondary N) is 3. The van der Waals surface area contributed by atoms with Crippen LogP contribution >= 0.6 is 12.4 Å². The van der Waals surface area contributed by atoms with Crippen LogP contribution in [-0.2, 0) is 16.1 Å². The largest absolute Gasteiger partial charge is 0.352 e. The Bertz CT molecular complexity index is 604. The molecule has 2 atom stereocenters. The summed E-state index contributed by atoms with van der Waals surface area (Å²) in [6.45, 7) is 3.53. The third-order valence-electron chi connectivity index (χ3n) is 5.13. The summed E-state index contributed by atoms with van der Waals surface area (Å²) < 4.78 is 0. The van der Waals surface area contributed by atoms with E-state index in [1.54, 1.807) is 0 Å². The van der Waals surface area contributed by atoms with Crippen molar-refractivity contribution >= 4 is 29.9 Å². The molecule has 0 radical (unpaired) electrons. The van der Waals surface area contributed by atoms with Crippen LogP contribution in [0.1, 0.15) is 44.6 Å². The molecule has 0 spiro atoms. The number of anilines is 1. The predicted octanol–water partition coefficient (Wildman–Crippen LogP) is 2.85. The second-order valence-corrected chi connectivity index (χ2v) is 7.11. The smallest absolute Gasteiger partial charge is 0.227 e. The summed E-state index contributed by atoms with van der Waals surface area (Å²) in [5, 5.41) is 9.38. The fraction of sp³-hybridized carbons (Fsp3) is 0.579. The number of carbonyl (C=O) groups is 2. The lowest BCUT2D eigenvalue weighted by Gasteiger charge is -2.27. The minimum atomic E-state index is 0. The van der Waals surface area contributed by atoms with E-state index in [1.165, 1.54) is 0 Å². The van der Waals surface area contributed by atoms with E-state index in [0.29, 0.717) is 12.6 Å². The van der Waals surface area contributed by atoms with Gasteiger partial charge in [-0.2, -0.15) is 0 Å². The summed E-state index contributed by atoms with van der Waals surface area (Å²) >= 11 is 0. The first kappa shape index (κ1) is 19.7. The van der Waals surface area contributed by atoms with Gasteiger partial charge in [-0.3, -0.25) is 9.59 Å². The highest BCUT2D eigenvalue weighted by Gasteiger charge is 2.25. The van der Waals surface area contributed by atoms with Crippen molar-refractivity contribution in [2.75, 3.05) is 11.9 Å². The third kappa shape index (κ3) is 5.44. The van der Waals surface area contributed by atoms with Crippen LogP contribution in [0.15, 0.2) is 24.3 Å². The quantitative estimate of drug-likeness (QED) is 0.751. The lowest BCUT2D eigenvalue weighted by molar-refractivity contribution is -0.126. The van der Waals surface area contributed by atoms with Crippen LogP contribution in [0.2, 0.25) is 0 Å². The Labute approximate surface area is 155 Å². The van der Waals surface area contributed by atoms with Crippen molar-refractivity contribution < 1.29 is 9.59 Å². The van der Waals surface area contributed by atoms with Crippen molar-refractivity contribution in [1.29, 1.82) is 0 Å². The van der Waals surface area contributed by atoms with Crippen LogP contribution in [-0.4, -0.2) is 24.4 Å². The highest BCUT2D eigenvalue weighted by molar-refractivity contribution is 5.93. The van der Waals surface area contributed by atoms with Gasteiger partial charge in [-0.15, -0.1) is 12.4 Å². The van der Waals surface area contributed by atoms with Gasteiger partial charge in [0.25, 0.3) is 0 Å². The van der Waals surface area contributed by atoms with E-state index in [4.69, 9.17) is 0 Å². The fourth-order valence-electron chi connectivity index (χ4n) is 3.38. The van der Waals surface area contributed by atoms with Crippen molar-refractivity contribution in [1.82, 2.24) is 10.6 Å². The Morgan fingerprint density at radius 3 is 2.64 bits per heavy atom. The van der Waals surface area contributed by atoms with Gasteiger partial charge in [-0.25, -0.2) is 0 Å². The zero-order chi connectivity index (χ0) is 16.9. The van der Waals surface area contributed by atoms with Crippen LogP contribution in [0, 0.1) is 11.8 Å². The van der Waals surface area contributed by atoms with Crippen LogP contribution in [0.5, 0.6) is 0 Å². The van der Waals surface area contributed by atoms with E-state index in [0.717, 1.165) is 49.9 Å². The van der Waals surface area contributed by atoms with Gasteiger partial charge in [0.2, 0.25) is 11.8 Å². The Morgan fingerprint density at radius 1 is 1.16 bits per heavy atom. The normalized spacial score (nSPS) is 23.1. The molecule has 2 amide bonds. The van der Waals surface area contributed by atoms with Crippen LogP contribution in [0.4, 0.5) is 5.69 Å². The highest BCUT2D eigenvalue weighted by Crippen LogP contribution is 2.27. The fourth-order valence-corrected chi connectivity index (χ4v) is 3.38. The molecule has 1 aromatic carbocycles. The van der Waals surface area contributed by atoms with Crippen molar-refractivity contribution in [3.05, 3.63) is 29.8 Å². The minimum Gasteiger partial charge on any atom is -0.352 e. The monoisotopic (exact) mass is 365 g/mol. The molecule has 3 N–H and O–H groups in total. The lowest BCUT2D eigenvalue weighted by Crippen LogP contribution is -2.42. The standard InChI is InChI=1S/C19H27N3O2.ClH/c1-13-10-16(8-9-20-13)18(23)21-12-14-4-2-7-17(11-14)22-19(24)15-5-3-6-15;/h2,4,7,11,13,15-16,20H,3,5-6,8-10,12H2,1H3,(H,21,23)(H,22,24);1H/t13-,16-;/m0./s1. The Balaban J connectivity index is 0.00000225.